The smallest absolute Gasteiger partial charge is 0.338 e. The lowest BCUT2D eigenvalue weighted by Gasteiger charge is -2.26. The molecule has 2 heterocycles. The number of rotatable bonds is 5. The number of halogens is 1. The Kier molecular flexibility index (Phi) is 6.04. The molecule has 2 aromatic rings. The molecule has 4 rings (SSSR count). The fourth-order valence-electron chi connectivity index (χ4n) is 3.81. The molecule has 0 spiro atoms. The van der Waals surface area contributed by atoms with Crippen molar-refractivity contribution in [2.24, 2.45) is 0 Å². The number of hydrogen-bond donors (Lipinski definition) is 0. The summed E-state index contributed by atoms with van der Waals surface area (Å²) < 4.78 is 45.0. The maximum absolute atomic E-state index is 13.5. The molecule has 2 aliphatic heterocycles. The van der Waals surface area contributed by atoms with E-state index in [0.29, 0.717) is 41.3 Å². The van der Waals surface area contributed by atoms with Crippen molar-refractivity contribution in [1.29, 1.82) is 0 Å². The van der Waals surface area contributed by atoms with E-state index >= 15 is 0 Å². The van der Waals surface area contributed by atoms with Gasteiger partial charge in [-0.1, -0.05) is 6.07 Å². The van der Waals surface area contributed by atoms with Gasteiger partial charge >= 0.3 is 5.97 Å². The van der Waals surface area contributed by atoms with Crippen molar-refractivity contribution in [2.45, 2.75) is 30.7 Å². The Balaban J connectivity index is 1.64. The molecule has 0 bridgehead atoms. The van der Waals surface area contributed by atoms with E-state index in [4.69, 9.17) is 14.2 Å². The maximum atomic E-state index is 13.5. The number of carbonyl (C=O) groups excluding carboxylic acids is 1. The Hall–Kier alpha value is -2.10. The summed E-state index contributed by atoms with van der Waals surface area (Å²) >= 11 is 3.32. The van der Waals surface area contributed by atoms with Gasteiger partial charge in [-0.15, -0.1) is 0 Å². The van der Waals surface area contributed by atoms with Crippen LogP contribution in [0.1, 0.15) is 41.7 Å². The summed E-state index contributed by atoms with van der Waals surface area (Å²) in [6.45, 7) is 3.38. The van der Waals surface area contributed by atoms with Crippen LogP contribution in [-0.2, 0) is 14.8 Å². The van der Waals surface area contributed by atoms with Crippen molar-refractivity contribution in [3.63, 3.8) is 0 Å². The summed E-state index contributed by atoms with van der Waals surface area (Å²) in [4.78, 5) is 12.1. The Morgan fingerprint density at radius 2 is 1.93 bits per heavy atom. The van der Waals surface area contributed by atoms with Gasteiger partial charge in [-0.2, -0.15) is 4.31 Å². The van der Waals surface area contributed by atoms with Crippen LogP contribution in [0.3, 0.4) is 0 Å². The first-order chi connectivity index (χ1) is 14.4. The molecule has 0 amide bonds. The highest BCUT2D eigenvalue weighted by Crippen LogP contribution is 2.41. The maximum Gasteiger partial charge on any atom is 0.338 e. The second-order valence-corrected chi connectivity index (χ2v) is 9.76. The van der Waals surface area contributed by atoms with Gasteiger partial charge in [0.2, 0.25) is 10.0 Å². The second-order valence-electron chi connectivity index (χ2n) is 7.04. The molecule has 160 valence electrons. The average Bonchev–Trinajstić information content (AvgIpc) is 3.24. The van der Waals surface area contributed by atoms with E-state index in [9.17, 15) is 13.2 Å². The van der Waals surface area contributed by atoms with Crippen LogP contribution in [0, 0.1) is 0 Å². The van der Waals surface area contributed by atoms with Gasteiger partial charge in [0.15, 0.2) is 11.5 Å². The van der Waals surface area contributed by atoms with E-state index in [1.54, 1.807) is 6.92 Å². The molecule has 0 aromatic heterocycles. The summed E-state index contributed by atoms with van der Waals surface area (Å²) in [5.74, 6) is 0.829. The van der Waals surface area contributed by atoms with Crippen LogP contribution in [0.2, 0.25) is 0 Å². The van der Waals surface area contributed by atoms with E-state index in [1.165, 1.54) is 22.5 Å². The molecule has 2 aromatic carbocycles. The van der Waals surface area contributed by atoms with Gasteiger partial charge in [-0.25, -0.2) is 13.2 Å². The SMILES string of the molecule is CCOC(=O)c1ccc(S(=O)(=O)N2CCCC2c2ccc3c(c2)OCCO3)c(Br)c1. The highest BCUT2D eigenvalue weighted by atomic mass is 79.9. The molecule has 9 heteroatoms. The standard InChI is InChI=1S/C21H22BrNO6S/c1-2-27-21(24)15-6-8-20(16(22)12-15)30(25,26)23-9-3-4-17(23)14-5-7-18-19(13-14)29-11-10-28-18/h5-8,12-13,17H,2-4,9-11H2,1H3. The van der Waals surface area contributed by atoms with Crippen LogP contribution in [0.4, 0.5) is 0 Å². The lowest BCUT2D eigenvalue weighted by molar-refractivity contribution is 0.0526. The van der Waals surface area contributed by atoms with Crippen LogP contribution in [0.25, 0.3) is 0 Å². The molecule has 1 unspecified atom stereocenters. The number of nitrogens with zero attached hydrogens (tertiary/aromatic N) is 1. The monoisotopic (exact) mass is 495 g/mol. The highest BCUT2D eigenvalue weighted by Gasteiger charge is 2.37. The van der Waals surface area contributed by atoms with Crippen LogP contribution in [-0.4, -0.2) is 45.1 Å². The zero-order valence-electron chi connectivity index (χ0n) is 16.5. The molecule has 0 saturated carbocycles. The van der Waals surface area contributed by atoms with Crippen molar-refractivity contribution in [3.05, 3.63) is 52.0 Å². The highest BCUT2D eigenvalue weighted by molar-refractivity contribution is 9.10. The van der Waals surface area contributed by atoms with Crippen LogP contribution in [0.5, 0.6) is 11.5 Å². The number of carbonyl (C=O) groups is 1. The van der Waals surface area contributed by atoms with Gasteiger partial charge in [-0.05, 0) is 71.6 Å². The molecule has 2 aliphatic rings. The molecule has 0 radical (unpaired) electrons. The second kappa shape index (κ2) is 8.56. The largest absolute Gasteiger partial charge is 0.486 e. The molecule has 1 fully saturated rings. The van der Waals surface area contributed by atoms with Crippen LogP contribution < -0.4 is 9.47 Å². The molecule has 30 heavy (non-hydrogen) atoms. The molecule has 7 nitrogen and oxygen atoms in total. The summed E-state index contributed by atoms with van der Waals surface area (Å²) in [6, 6.07) is 9.71. The average molecular weight is 496 g/mol. The molecule has 1 saturated heterocycles. The normalized spacial score (nSPS) is 18.9. The fourth-order valence-corrected chi connectivity index (χ4v) is 6.53. The Morgan fingerprint density at radius 3 is 2.67 bits per heavy atom. The lowest BCUT2D eigenvalue weighted by atomic mass is 10.0. The quantitative estimate of drug-likeness (QED) is 0.584. The number of ether oxygens (including phenoxy) is 3. The molecular weight excluding hydrogens is 474 g/mol. The van der Waals surface area contributed by atoms with Crippen molar-refractivity contribution in [1.82, 2.24) is 4.31 Å². The molecular formula is C21H22BrNO6S. The van der Waals surface area contributed by atoms with Gasteiger partial charge in [-0.3, -0.25) is 0 Å². The van der Waals surface area contributed by atoms with Gasteiger partial charge in [0.25, 0.3) is 0 Å². The minimum atomic E-state index is -3.78. The summed E-state index contributed by atoms with van der Waals surface area (Å²) in [6.07, 6.45) is 1.48. The van der Waals surface area contributed by atoms with Crippen molar-refractivity contribution >= 4 is 31.9 Å². The lowest BCUT2D eigenvalue weighted by Crippen LogP contribution is -2.31. The van der Waals surface area contributed by atoms with E-state index < -0.39 is 16.0 Å². The third kappa shape index (κ3) is 3.93. The van der Waals surface area contributed by atoms with E-state index in [2.05, 4.69) is 15.9 Å². The number of benzene rings is 2. The minimum Gasteiger partial charge on any atom is -0.486 e. The van der Waals surface area contributed by atoms with Gasteiger partial charge in [0.05, 0.1) is 23.1 Å². The third-order valence-corrected chi connectivity index (χ3v) is 8.07. The zero-order chi connectivity index (χ0) is 21.3. The van der Waals surface area contributed by atoms with Crippen LogP contribution in [0.15, 0.2) is 45.8 Å². The van der Waals surface area contributed by atoms with Crippen molar-refractivity contribution in [2.75, 3.05) is 26.4 Å². The number of hydrogen-bond acceptors (Lipinski definition) is 6. The first kappa shape index (κ1) is 21.1. The fraction of sp³-hybridized carbons (Fsp3) is 0.381. The number of fused-ring (bicyclic) bond motifs is 1. The third-order valence-electron chi connectivity index (χ3n) is 5.18. The molecule has 0 N–H and O–H groups in total. The Bertz CT molecular complexity index is 1070. The topological polar surface area (TPSA) is 82.1 Å². The number of esters is 1. The van der Waals surface area contributed by atoms with Gasteiger partial charge < -0.3 is 14.2 Å². The summed E-state index contributed by atoms with van der Waals surface area (Å²) in [7, 11) is -3.78. The van der Waals surface area contributed by atoms with Crippen molar-refractivity contribution in [3.8, 4) is 11.5 Å². The van der Waals surface area contributed by atoms with Crippen LogP contribution >= 0.6 is 15.9 Å². The predicted octanol–water partition coefficient (Wildman–Crippen LogP) is 3.92. The zero-order valence-corrected chi connectivity index (χ0v) is 18.9. The van der Waals surface area contributed by atoms with E-state index in [0.717, 1.165) is 18.4 Å². The van der Waals surface area contributed by atoms with Gasteiger partial charge in [0.1, 0.15) is 13.2 Å². The van der Waals surface area contributed by atoms with E-state index in [1.807, 2.05) is 18.2 Å². The Labute approximate surface area is 184 Å². The van der Waals surface area contributed by atoms with Crippen molar-refractivity contribution < 1.29 is 27.4 Å². The molecule has 0 aliphatic carbocycles. The first-order valence-corrected chi connectivity index (χ1v) is 12.0. The predicted molar refractivity (Wildman–Crippen MR) is 113 cm³/mol. The Morgan fingerprint density at radius 1 is 1.17 bits per heavy atom. The minimum absolute atomic E-state index is 0.125. The molecule has 1 atom stereocenters. The summed E-state index contributed by atoms with van der Waals surface area (Å²) in [5.41, 5.74) is 1.17. The summed E-state index contributed by atoms with van der Waals surface area (Å²) in [5, 5.41) is 0. The first-order valence-electron chi connectivity index (χ1n) is 9.80. The van der Waals surface area contributed by atoms with E-state index in [-0.39, 0.29) is 17.5 Å². The van der Waals surface area contributed by atoms with Gasteiger partial charge in [0, 0.05) is 11.0 Å². The number of sulfonamides is 1.